The monoisotopic (exact) mass is 551 g/mol. The normalized spacial score (nSPS) is 19.4. The number of piperazine rings is 1. The topological polar surface area (TPSA) is 156 Å². The molecule has 2 saturated heterocycles. The summed E-state index contributed by atoms with van der Waals surface area (Å²) in [6.45, 7) is 4.19. The highest BCUT2D eigenvalue weighted by Gasteiger charge is 2.52. The van der Waals surface area contributed by atoms with Gasteiger partial charge in [0.05, 0.1) is 29.9 Å². The van der Waals surface area contributed by atoms with Crippen molar-refractivity contribution in [2.24, 2.45) is 0 Å². The summed E-state index contributed by atoms with van der Waals surface area (Å²) >= 11 is 1.36. The first-order valence-corrected chi connectivity index (χ1v) is 13.1. The number of hydrogen-bond acceptors (Lipinski definition) is 9. The minimum atomic E-state index is -0.903. The molecule has 2 fully saturated rings. The van der Waals surface area contributed by atoms with E-state index in [4.69, 9.17) is 5.73 Å². The molecule has 12 nitrogen and oxygen atoms in total. The summed E-state index contributed by atoms with van der Waals surface area (Å²) < 4.78 is 0.904. The number of aromatic hydroxyl groups is 2. The Hall–Kier alpha value is -4.36. The van der Waals surface area contributed by atoms with Crippen LogP contribution in [0.25, 0.3) is 10.2 Å². The maximum atomic E-state index is 14.0. The molecule has 2 aromatic carbocycles. The van der Waals surface area contributed by atoms with Crippen molar-refractivity contribution in [2.45, 2.75) is 25.2 Å². The number of nitrogens with one attached hydrogen (secondary N) is 1. The Bertz CT molecular complexity index is 1460. The second-order valence-corrected chi connectivity index (χ2v) is 10.4. The van der Waals surface area contributed by atoms with E-state index in [1.807, 2.05) is 18.2 Å². The molecule has 0 bridgehead atoms. The summed E-state index contributed by atoms with van der Waals surface area (Å²) in [7, 11) is 1.51. The molecule has 2 atom stereocenters. The van der Waals surface area contributed by atoms with Crippen LogP contribution in [0.2, 0.25) is 0 Å². The number of aromatic nitrogens is 1. The number of anilines is 1. The van der Waals surface area contributed by atoms with Gasteiger partial charge in [0, 0.05) is 20.0 Å². The number of hydrogen-bond donors (Lipinski definition) is 4. The van der Waals surface area contributed by atoms with E-state index in [2.05, 4.69) is 16.9 Å². The van der Waals surface area contributed by atoms with Gasteiger partial charge >= 0.3 is 6.03 Å². The fraction of sp³-hybridized carbons (Fsp3) is 0.308. The molecule has 5 N–H and O–H groups in total. The number of nitrogens with two attached hydrogens (primary N) is 1. The fourth-order valence-corrected chi connectivity index (χ4v) is 6.00. The minimum Gasteiger partial charge on any atom is -0.504 e. The summed E-state index contributed by atoms with van der Waals surface area (Å²) in [4.78, 5) is 47.7. The van der Waals surface area contributed by atoms with Crippen molar-refractivity contribution in [1.29, 1.82) is 0 Å². The smallest absolute Gasteiger partial charge is 0.332 e. The van der Waals surface area contributed by atoms with E-state index >= 15 is 0 Å². The average Bonchev–Trinajstić information content (AvgIpc) is 3.45. The summed E-state index contributed by atoms with van der Waals surface area (Å²) in [5, 5.41) is 25.9. The molecule has 0 spiro atoms. The third-order valence-electron chi connectivity index (χ3n) is 6.98. The van der Waals surface area contributed by atoms with Gasteiger partial charge in [-0.3, -0.25) is 14.6 Å². The Morgan fingerprint density at radius 1 is 1.28 bits per heavy atom. The molecule has 2 aliphatic heterocycles. The van der Waals surface area contributed by atoms with Crippen LogP contribution in [-0.4, -0.2) is 91.7 Å². The van der Waals surface area contributed by atoms with Crippen LogP contribution in [0.4, 0.5) is 9.93 Å². The van der Waals surface area contributed by atoms with Gasteiger partial charge in [0.15, 0.2) is 16.6 Å². The first-order chi connectivity index (χ1) is 18.7. The van der Waals surface area contributed by atoms with Gasteiger partial charge in [-0.05, 0) is 29.3 Å². The molecule has 4 amide bonds. The summed E-state index contributed by atoms with van der Waals surface area (Å²) in [6, 6.07) is 8.70. The molecule has 3 aromatic rings. The van der Waals surface area contributed by atoms with Gasteiger partial charge in [-0.1, -0.05) is 35.6 Å². The molecule has 0 aliphatic carbocycles. The number of carbonyl (C=O) groups is 3. The van der Waals surface area contributed by atoms with E-state index in [0.29, 0.717) is 16.2 Å². The molecule has 0 radical (unpaired) electrons. The number of urea groups is 1. The first-order valence-electron chi connectivity index (χ1n) is 12.3. The van der Waals surface area contributed by atoms with Crippen molar-refractivity contribution in [1.82, 2.24) is 30.1 Å². The molecule has 2 aliphatic rings. The van der Waals surface area contributed by atoms with Crippen LogP contribution in [0.5, 0.6) is 11.5 Å². The zero-order valence-corrected chi connectivity index (χ0v) is 22.1. The quantitative estimate of drug-likeness (QED) is 0.254. The van der Waals surface area contributed by atoms with Crippen molar-refractivity contribution >= 4 is 44.5 Å². The second kappa shape index (κ2) is 10.4. The number of phenols is 2. The molecule has 0 unspecified atom stereocenters. The fourth-order valence-electron chi connectivity index (χ4n) is 5.22. The number of nitrogens with zero attached hydrogens (tertiary/aromatic N) is 5. The number of thiazole rings is 1. The molecule has 0 saturated carbocycles. The number of amides is 4. The van der Waals surface area contributed by atoms with Gasteiger partial charge in [0.1, 0.15) is 12.2 Å². The molecule has 13 heteroatoms. The molecule has 3 heterocycles. The minimum absolute atomic E-state index is 0.0947. The molecule has 5 rings (SSSR count). The largest absolute Gasteiger partial charge is 0.504 e. The maximum absolute atomic E-state index is 14.0. The van der Waals surface area contributed by atoms with Crippen LogP contribution < -0.4 is 11.1 Å². The van der Waals surface area contributed by atoms with Crippen molar-refractivity contribution in [3.8, 4) is 11.5 Å². The number of carbonyl (C=O) groups excluding carboxylic acids is 3. The Balaban J connectivity index is 1.53. The van der Waals surface area contributed by atoms with E-state index in [9.17, 15) is 24.6 Å². The lowest BCUT2D eigenvalue weighted by molar-refractivity contribution is -0.157. The van der Waals surface area contributed by atoms with Gasteiger partial charge < -0.3 is 31.1 Å². The first kappa shape index (κ1) is 26.3. The zero-order valence-electron chi connectivity index (χ0n) is 21.3. The molecule has 39 heavy (non-hydrogen) atoms. The third kappa shape index (κ3) is 4.81. The number of fused-ring (bicyclic) bond motifs is 2. The number of rotatable bonds is 7. The molecular weight excluding hydrogens is 522 g/mol. The van der Waals surface area contributed by atoms with Crippen LogP contribution in [0, 0.1) is 0 Å². The van der Waals surface area contributed by atoms with E-state index in [1.165, 1.54) is 40.4 Å². The lowest BCUT2D eigenvalue weighted by Crippen LogP contribution is -2.65. The van der Waals surface area contributed by atoms with Gasteiger partial charge in [-0.2, -0.15) is 5.01 Å². The van der Waals surface area contributed by atoms with Crippen LogP contribution in [0.1, 0.15) is 11.1 Å². The predicted molar refractivity (Wildman–Crippen MR) is 145 cm³/mol. The summed E-state index contributed by atoms with van der Waals surface area (Å²) in [5.41, 5.74) is 8.04. The third-order valence-corrected chi connectivity index (χ3v) is 7.83. The molecule has 204 valence electrons. The highest BCUT2D eigenvalue weighted by atomic mass is 32.1. The lowest BCUT2D eigenvalue weighted by atomic mass is 9.99. The zero-order chi connectivity index (χ0) is 27.8. The Kier molecular flexibility index (Phi) is 7.02. The van der Waals surface area contributed by atoms with E-state index in [0.717, 1.165) is 10.3 Å². The van der Waals surface area contributed by atoms with Crippen LogP contribution in [-0.2, 0) is 22.6 Å². The predicted octanol–water partition coefficient (Wildman–Crippen LogP) is 1.46. The SMILES string of the molecule is C=CCN(C(=O)NC)N1CC(=O)N2[C@@H](Cc3ccc(O)c(O)c3)C(=O)N(Cc3cccc4sc(N)nc34)C[C@@H]21. The van der Waals surface area contributed by atoms with Crippen molar-refractivity contribution in [2.75, 3.05) is 32.4 Å². The highest BCUT2D eigenvalue weighted by Crippen LogP contribution is 2.33. The highest BCUT2D eigenvalue weighted by molar-refractivity contribution is 7.22. The second-order valence-electron chi connectivity index (χ2n) is 9.38. The van der Waals surface area contributed by atoms with Gasteiger partial charge in [-0.15, -0.1) is 6.58 Å². The van der Waals surface area contributed by atoms with E-state index in [-0.39, 0.29) is 55.9 Å². The van der Waals surface area contributed by atoms with Gasteiger partial charge in [-0.25, -0.2) is 9.78 Å². The van der Waals surface area contributed by atoms with Gasteiger partial charge in [0.2, 0.25) is 11.8 Å². The standard InChI is InChI=1S/C26H29N7O5S/c1-3-9-31(26(38)28-2)32-14-22(36)33-17(10-15-7-8-18(34)19(35)11-15)24(37)30(13-21(32)33)12-16-5-4-6-20-23(16)29-25(27)39-20/h3-8,11,17,21,34-35H,1,9-10,12-14H2,2H3,(H2,27,29)(H,28,38)/t17-,21+/m0/s1. The van der Waals surface area contributed by atoms with Crippen LogP contribution in [0.3, 0.4) is 0 Å². The van der Waals surface area contributed by atoms with Crippen molar-refractivity contribution < 1.29 is 24.6 Å². The number of para-hydroxylation sites is 1. The molecule has 1 aromatic heterocycles. The van der Waals surface area contributed by atoms with Crippen LogP contribution in [0.15, 0.2) is 49.1 Å². The lowest BCUT2D eigenvalue weighted by Gasteiger charge is -2.46. The summed E-state index contributed by atoms with van der Waals surface area (Å²) in [5.74, 6) is -1.17. The number of benzene rings is 2. The Morgan fingerprint density at radius 2 is 2.08 bits per heavy atom. The average molecular weight is 552 g/mol. The number of nitrogen functional groups attached to an aromatic ring is 1. The maximum Gasteiger partial charge on any atom is 0.332 e. The Morgan fingerprint density at radius 3 is 2.79 bits per heavy atom. The van der Waals surface area contributed by atoms with E-state index < -0.39 is 18.2 Å². The van der Waals surface area contributed by atoms with Crippen molar-refractivity contribution in [3.05, 3.63) is 60.2 Å². The summed E-state index contributed by atoms with van der Waals surface area (Å²) in [6.07, 6.45) is 1.05. The van der Waals surface area contributed by atoms with E-state index in [1.54, 1.807) is 22.1 Å². The number of hydrazine groups is 1. The molecular formula is C26H29N7O5S. The van der Waals surface area contributed by atoms with Crippen molar-refractivity contribution in [3.63, 3.8) is 0 Å². The Labute approximate surface area is 228 Å². The van der Waals surface area contributed by atoms with Gasteiger partial charge in [0.25, 0.3) is 0 Å². The number of phenolic OH excluding ortho intramolecular Hbond substituents is 2. The van der Waals surface area contributed by atoms with Crippen LogP contribution >= 0.6 is 11.3 Å².